The number of rotatable bonds is 15. The van der Waals surface area contributed by atoms with Crippen LogP contribution < -0.4 is 0 Å². The molecule has 1 aliphatic rings. The van der Waals surface area contributed by atoms with E-state index in [4.69, 9.17) is 0 Å². The first-order chi connectivity index (χ1) is 14.0. The molecule has 30 heavy (non-hydrogen) atoms. The highest BCUT2D eigenvalue weighted by atomic mass is 16.3. The normalized spacial score (nSPS) is 23.0. The van der Waals surface area contributed by atoms with Crippen molar-refractivity contribution in [3.63, 3.8) is 0 Å². The van der Waals surface area contributed by atoms with Gasteiger partial charge in [-0.3, -0.25) is 0 Å². The molecule has 0 spiro atoms. The van der Waals surface area contributed by atoms with Gasteiger partial charge in [0, 0.05) is 0 Å². The summed E-state index contributed by atoms with van der Waals surface area (Å²) in [6, 6.07) is 0. The molecule has 0 radical (unpaired) electrons. The van der Waals surface area contributed by atoms with Crippen molar-refractivity contribution in [1.29, 1.82) is 0 Å². The molecule has 1 nitrogen and oxygen atoms in total. The average Bonchev–Trinajstić information content (AvgIpc) is 2.65. The van der Waals surface area contributed by atoms with Crippen LogP contribution in [0.25, 0.3) is 0 Å². The van der Waals surface area contributed by atoms with E-state index >= 15 is 0 Å². The Morgan fingerprint density at radius 1 is 0.867 bits per heavy atom. The van der Waals surface area contributed by atoms with Crippen molar-refractivity contribution in [2.24, 2.45) is 23.2 Å². The molecular formula is C29H54O. The van der Waals surface area contributed by atoms with Crippen LogP contribution in [0.4, 0.5) is 0 Å². The van der Waals surface area contributed by atoms with Crippen molar-refractivity contribution < 1.29 is 5.11 Å². The molecular weight excluding hydrogens is 364 g/mol. The Hall–Kier alpha value is -0.560. The van der Waals surface area contributed by atoms with Crippen molar-refractivity contribution in [2.45, 2.75) is 138 Å². The summed E-state index contributed by atoms with van der Waals surface area (Å²) in [4.78, 5) is 0. The summed E-state index contributed by atoms with van der Waals surface area (Å²) in [6.07, 6.45) is 19.3. The predicted molar refractivity (Wildman–Crippen MR) is 135 cm³/mol. The second-order valence-corrected chi connectivity index (χ2v) is 11.7. The molecule has 1 heteroatoms. The van der Waals surface area contributed by atoms with Crippen LogP contribution in [-0.2, 0) is 0 Å². The zero-order valence-corrected chi connectivity index (χ0v) is 21.8. The Bertz CT molecular complexity index is 537. The van der Waals surface area contributed by atoms with E-state index in [9.17, 15) is 5.11 Å². The minimum Gasteiger partial charge on any atom is -0.390 e. The van der Waals surface area contributed by atoms with Crippen molar-refractivity contribution in [2.75, 3.05) is 0 Å². The lowest BCUT2D eigenvalue weighted by molar-refractivity contribution is 0.0339. The second-order valence-electron chi connectivity index (χ2n) is 11.7. The highest BCUT2D eigenvalue weighted by Gasteiger charge is 2.24. The summed E-state index contributed by atoms with van der Waals surface area (Å²) >= 11 is 0. The number of aliphatic hydroxyl groups is 1. The number of unbranched alkanes of at least 4 members (excludes halogenated alkanes) is 2. The van der Waals surface area contributed by atoms with E-state index in [0.717, 1.165) is 31.6 Å². The predicted octanol–water partition coefficient (Wildman–Crippen LogP) is 9.26. The summed E-state index contributed by atoms with van der Waals surface area (Å²) < 4.78 is 0. The van der Waals surface area contributed by atoms with Crippen LogP contribution in [0.3, 0.4) is 0 Å². The molecule has 0 amide bonds. The van der Waals surface area contributed by atoms with E-state index in [2.05, 4.69) is 60.6 Å². The molecule has 1 rings (SSSR count). The fraction of sp³-hybridized carbons (Fsp3) is 0.862. The molecule has 176 valence electrons. The van der Waals surface area contributed by atoms with Crippen LogP contribution in [0.15, 0.2) is 23.3 Å². The van der Waals surface area contributed by atoms with Gasteiger partial charge in [0.05, 0.1) is 5.60 Å². The van der Waals surface area contributed by atoms with Crippen LogP contribution in [0.5, 0.6) is 0 Å². The van der Waals surface area contributed by atoms with E-state index in [0.29, 0.717) is 17.3 Å². The minimum atomic E-state index is -0.462. The zero-order chi connectivity index (χ0) is 22.8. The van der Waals surface area contributed by atoms with Crippen molar-refractivity contribution in [1.82, 2.24) is 0 Å². The number of allylic oxidation sites excluding steroid dienone is 4. The van der Waals surface area contributed by atoms with Crippen molar-refractivity contribution in [3.05, 3.63) is 23.3 Å². The van der Waals surface area contributed by atoms with Crippen molar-refractivity contribution in [3.8, 4) is 0 Å². The van der Waals surface area contributed by atoms with Gasteiger partial charge in [0.2, 0.25) is 0 Å². The Labute approximate surface area is 189 Å². The maximum atomic E-state index is 10.6. The average molecular weight is 419 g/mol. The van der Waals surface area contributed by atoms with E-state index in [1.165, 1.54) is 56.9 Å². The highest BCUT2D eigenvalue weighted by molar-refractivity contribution is 5.27. The monoisotopic (exact) mass is 418 g/mol. The Balaban J connectivity index is 2.25. The van der Waals surface area contributed by atoms with Gasteiger partial charge in [-0.15, -0.1) is 0 Å². The van der Waals surface area contributed by atoms with Crippen LogP contribution in [0, 0.1) is 23.2 Å². The Morgan fingerprint density at radius 3 is 2.17 bits per heavy atom. The molecule has 0 saturated carbocycles. The fourth-order valence-electron chi connectivity index (χ4n) is 5.01. The first kappa shape index (κ1) is 27.5. The van der Waals surface area contributed by atoms with Gasteiger partial charge in [-0.25, -0.2) is 0 Å². The third kappa shape index (κ3) is 10.7. The first-order valence-electron chi connectivity index (χ1n) is 13.1. The van der Waals surface area contributed by atoms with Gasteiger partial charge in [0.25, 0.3) is 0 Å². The molecule has 0 saturated heterocycles. The summed E-state index contributed by atoms with van der Waals surface area (Å²) in [7, 11) is 0. The standard InChI is InChI=1S/C29H54O/c1-9-10-11-21-29(8,30)22-13-20-28(6,7)19-12-14-23(2)15-17-27-18-16-24(3)25(4)26(27)5/h16,18,23,25-26,30H,9-15,17,19-22H2,1-8H3. The Morgan fingerprint density at radius 2 is 1.50 bits per heavy atom. The molecule has 0 aliphatic heterocycles. The number of hydrogen-bond donors (Lipinski definition) is 1. The Kier molecular flexibility index (Phi) is 12.0. The van der Waals surface area contributed by atoms with Crippen LogP contribution >= 0.6 is 0 Å². The van der Waals surface area contributed by atoms with Crippen molar-refractivity contribution >= 4 is 0 Å². The number of hydrogen-bond acceptors (Lipinski definition) is 1. The molecule has 4 unspecified atom stereocenters. The zero-order valence-electron chi connectivity index (χ0n) is 21.8. The maximum absolute atomic E-state index is 10.6. The van der Waals surface area contributed by atoms with Gasteiger partial charge in [-0.1, -0.05) is 103 Å². The lowest BCUT2D eigenvalue weighted by atomic mass is 9.77. The van der Waals surface area contributed by atoms with Gasteiger partial charge in [-0.05, 0) is 75.5 Å². The highest BCUT2D eigenvalue weighted by Crippen LogP contribution is 2.35. The largest absolute Gasteiger partial charge is 0.390 e. The van der Waals surface area contributed by atoms with E-state index < -0.39 is 5.60 Å². The summed E-state index contributed by atoms with van der Waals surface area (Å²) in [5, 5.41) is 10.6. The molecule has 0 aromatic carbocycles. The summed E-state index contributed by atoms with van der Waals surface area (Å²) in [5.74, 6) is 2.23. The smallest absolute Gasteiger partial charge is 0.0619 e. The van der Waals surface area contributed by atoms with Crippen LogP contribution in [-0.4, -0.2) is 10.7 Å². The molecule has 1 aliphatic carbocycles. The molecule has 0 bridgehead atoms. The lowest BCUT2D eigenvalue weighted by Gasteiger charge is -2.29. The first-order valence-corrected chi connectivity index (χ1v) is 13.1. The summed E-state index contributed by atoms with van der Waals surface area (Å²) in [6.45, 7) is 18.6. The fourth-order valence-corrected chi connectivity index (χ4v) is 5.01. The molecule has 0 heterocycles. The topological polar surface area (TPSA) is 20.2 Å². The van der Waals surface area contributed by atoms with Gasteiger partial charge in [0.15, 0.2) is 0 Å². The van der Waals surface area contributed by atoms with Crippen LogP contribution in [0.1, 0.15) is 132 Å². The molecule has 1 N–H and O–H groups in total. The molecule has 4 atom stereocenters. The second kappa shape index (κ2) is 13.1. The lowest BCUT2D eigenvalue weighted by Crippen LogP contribution is -2.24. The minimum absolute atomic E-state index is 0.400. The van der Waals surface area contributed by atoms with Crippen LogP contribution in [0.2, 0.25) is 0 Å². The third-order valence-corrected chi connectivity index (χ3v) is 7.98. The van der Waals surface area contributed by atoms with E-state index in [-0.39, 0.29) is 0 Å². The summed E-state index contributed by atoms with van der Waals surface area (Å²) in [5.41, 5.74) is 3.13. The SMILES string of the molecule is CCCCCC(C)(O)CCCC(C)(C)CCCC(C)CCC1=CC=C(C)C(C)C1C. The maximum Gasteiger partial charge on any atom is 0.0619 e. The van der Waals surface area contributed by atoms with Gasteiger partial charge in [0.1, 0.15) is 0 Å². The molecule has 0 aromatic heterocycles. The van der Waals surface area contributed by atoms with Gasteiger partial charge in [-0.2, -0.15) is 0 Å². The molecule has 0 aromatic rings. The van der Waals surface area contributed by atoms with E-state index in [1.54, 1.807) is 5.57 Å². The molecule has 0 fully saturated rings. The van der Waals surface area contributed by atoms with E-state index in [1.807, 2.05) is 6.92 Å². The quantitative estimate of drug-likeness (QED) is 0.263. The van der Waals surface area contributed by atoms with Gasteiger partial charge >= 0.3 is 0 Å². The third-order valence-electron chi connectivity index (χ3n) is 7.98. The van der Waals surface area contributed by atoms with Gasteiger partial charge < -0.3 is 5.11 Å².